The fraction of sp³-hybridized carbons (Fsp3) is 0.182. The van der Waals surface area contributed by atoms with Crippen molar-refractivity contribution in [2.45, 2.75) is 0 Å². The van der Waals surface area contributed by atoms with Crippen molar-refractivity contribution in [3.05, 3.63) is 34.6 Å². The van der Waals surface area contributed by atoms with Crippen LogP contribution in [0.15, 0.2) is 34.6 Å². The Morgan fingerprint density at radius 3 is 2.44 bits per heavy atom. The summed E-state index contributed by atoms with van der Waals surface area (Å²) in [5.41, 5.74) is -0.248. The van der Waals surface area contributed by atoms with Crippen LogP contribution in [0.3, 0.4) is 0 Å². The van der Waals surface area contributed by atoms with Crippen LogP contribution in [0, 0.1) is 0 Å². The van der Waals surface area contributed by atoms with E-state index in [9.17, 15) is 9.59 Å². The van der Waals surface area contributed by atoms with Crippen LogP contribution in [0.5, 0.6) is 0 Å². The zero-order valence-corrected chi connectivity index (χ0v) is 11.4. The van der Waals surface area contributed by atoms with Crippen molar-refractivity contribution in [1.82, 2.24) is 4.98 Å². The molecule has 6 nitrogen and oxygen atoms in total. The molecule has 1 aromatic heterocycles. The van der Waals surface area contributed by atoms with E-state index in [4.69, 9.17) is 0 Å². The van der Waals surface area contributed by atoms with Gasteiger partial charge in [-0.25, -0.2) is 14.6 Å². The second-order valence-electron chi connectivity index (χ2n) is 3.04. The maximum Gasteiger partial charge on any atom is 0.346 e. The van der Waals surface area contributed by atoms with Gasteiger partial charge in [0, 0.05) is 16.9 Å². The molecule has 96 valence electrons. The van der Waals surface area contributed by atoms with Gasteiger partial charge in [-0.3, -0.25) is 0 Å². The first-order chi connectivity index (χ1) is 8.58. The molecule has 0 saturated heterocycles. The van der Waals surface area contributed by atoms with E-state index in [0.29, 0.717) is 5.82 Å². The van der Waals surface area contributed by atoms with Gasteiger partial charge in [-0.2, -0.15) is 0 Å². The molecule has 0 spiro atoms. The van der Waals surface area contributed by atoms with Crippen molar-refractivity contribution >= 4 is 33.7 Å². The van der Waals surface area contributed by atoms with E-state index in [1.54, 1.807) is 18.3 Å². The Kier molecular flexibility index (Phi) is 5.31. The summed E-state index contributed by atoms with van der Waals surface area (Å²) >= 11 is 3.27. The molecule has 0 fully saturated rings. The second kappa shape index (κ2) is 6.75. The summed E-state index contributed by atoms with van der Waals surface area (Å²) in [6.07, 6.45) is 2.75. The van der Waals surface area contributed by atoms with Crippen molar-refractivity contribution < 1.29 is 19.1 Å². The molecule has 0 aromatic carbocycles. The molecule has 0 unspecified atom stereocenters. The third-order valence-electron chi connectivity index (χ3n) is 1.90. The number of carbonyl (C=O) groups excluding carboxylic acids is 2. The van der Waals surface area contributed by atoms with E-state index in [1.807, 2.05) is 0 Å². The molecule has 1 heterocycles. The largest absolute Gasteiger partial charge is 0.465 e. The van der Waals surface area contributed by atoms with Crippen LogP contribution in [-0.2, 0) is 19.1 Å². The lowest BCUT2D eigenvalue weighted by Gasteiger charge is -2.04. The lowest BCUT2D eigenvalue weighted by atomic mass is 10.3. The molecule has 7 heteroatoms. The number of esters is 2. The smallest absolute Gasteiger partial charge is 0.346 e. The van der Waals surface area contributed by atoms with Crippen molar-refractivity contribution in [2.75, 3.05) is 19.5 Å². The Hall–Kier alpha value is -1.89. The third kappa shape index (κ3) is 3.85. The van der Waals surface area contributed by atoms with Crippen LogP contribution in [0.25, 0.3) is 0 Å². The summed E-state index contributed by atoms with van der Waals surface area (Å²) in [7, 11) is 2.35. The standard InChI is InChI=1S/C11H11BrN2O4/c1-17-10(15)8(11(16)18-2)6-14-9-5-7(12)3-4-13-9/h3-6H,1-2H3,(H,13,14). The molecule has 18 heavy (non-hydrogen) atoms. The van der Waals surface area contributed by atoms with Crippen molar-refractivity contribution in [3.63, 3.8) is 0 Å². The second-order valence-corrected chi connectivity index (χ2v) is 3.96. The summed E-state index contributed by atoms with van der Waals surface area (Å²) in [4.78, 5) is 26.7. The average molecular weight is 315 g/mol. The minimum absolute atomic E-state index is 0.248. The molecule has 0 aliphatic heterocycles. The number of halogens is 1. The first-order valence-corrected chi connectivity index (χ1v) is 5.62. The molecular weight excluding hydrogens is 304 g/mol. The van der Waals surface area contributed by atoms with E-state index >= 15 is 0 Å². The molecule has 0 saturated carbocycles. The van der Waals surface area contributed by atoms with E-state index in [0.717, 1.165) is 4.47 Å². The Balaban J connectivity index is 2.90. The van der Waals surface area contributed by atoms with Gasteiger partial charge < -0.3 is 14.8 Å². The Morgan fingerprint density at radius 2 is 1.94 bits per heavy atom. The summed E-state index contributed by atoms with van der Waals surface area (Å²) in [6.45, 7) is 0. The number of anilines is 1. The van der Waals surface area contributed by atoms with Gasteiger partial charge in [-0.05, 0) is 12.1 Å². The predicted molar refractivity (Wildman–Crippen MR) is 67.7 cm³/mol. The molecule has 0 amide bonds. The highest BCUT2D eigenvalue weighted by Crippen LogP contribution is 2.13. The molecule has 1 rings (SSSR count). The zero-order chi connectivity index (χ0) is 13.5. The first-order valence-electron chi connectivity index (χ1n) is 4.83. The predicted octanol–water partition coefficient (Wildman–Crippen LogP) is 1.49. The summed E-state index contributed by atoms with van der Waals surface area (Å²) in [5, 5.41) is 2.71. The molecule has 0 aliphatic carbocycles. The number of nitrogens with zero attached hydrogens (tertiary/aromatic N) is 1. The van der Waals surface area contributed by atoms with Crippen molar-refractivity contribution in [2.24, 2.45) is 0 Å². The van der Waals surface area contributed by atoms with E-state index < -0.39 is 11.9 Å². The lowest BCUT2D eigenvalue weighted by Crippen LogP contribution is -2.17. The number of aromatic nitrogens is 1. The lowest BCUT2D eigenvalue weighted by molar-refractivity contribution is -0.144. The van der Waals surface area contributed by atoms with Gasteiger partial charge in [0.15, 0.2) is 5.57 Å². The van der Waals surface area contributed by atoms with Gasteiger partial charge in [-0.15, -0.1) is 0 Å². The highest BCUT2D eigenvalue weighted by atomic mass is 79.9. The van der Waals surface area contributed by atoms with Crippen LogP contribution < -0.4 is 5.32 Å². The molecular formula is C11H11BrN2O4. The van der Waals surface area contributed by atoms with Gasteiger partial charge in [0.25, 0.3) is 0 Å². The minimum atomic E-state index is -0.788. The van der Waals surface area contributed by atoms with Gasteiger partial charge in [-0.1, -0.05) is 15.9 Å². The number of carbonyl (C=O) groups is 2. The molecule has 1 aromatic rings. The summed E-state index contributed by atoms with van der Waals surface area (Å²) in [6, 6.07) is 3.43. The SMILES string of the molecule is COC(=O)C(=CNc1cc(Br)ccn1)C(=O)OC. The summed E-state index contributed by atoms with van der Waals surface area (Å²) in [5.74, 6) is -1.11. The number of hydrogen-bond acceptors (Lipinski definition) is 6. The number of hydrogen-bond donors (Lipinski definition) is 1. The average Bonchev–Trinajstić information content (AvgIpc) is 2.38. The summed E-state index contributed by atoms with van der Waals surface area (Å²) < 4.78 is 9.75. The van der Waals surface area contributed by atoms with Crippen molar-refractivity contribution in [3.8, 4) is 0 Å². The fourth-order valence-electron chi connectivity index (χ4n) is 1.05. The monoisotopic (exact) mass is 314 g/mol. The van der Waals surface area contributed by atoms with E-state index in [2.05, 4.69) is 35.7 Å². The number of ether oxygens (including phenoxy) is 2. The van der Waals surface area contributed by atoms with Crippen molar-refractivity contribution in [1.29, 1.82) is 0 Å². The maximum atomic E-state index is 11.3. The molecule has 0 atom stereocenters. The molecule has 1 N–H and O–H groups in total. The van der Waals surface area contributed by atoms with E-state index in [1.165, 1.54) is 20.4 Å². The number of methoxy groups -OCH3 is 2. The van der Waals surface area contributed by atoms with E-state index in [-0.39, 0.29) is 5.57 Å². The fourth-order valence-corrected chi connectivity index (χ4v) is 1.39. The number of pyridine rings is 1. The Morgan fingerprint density at radius 1 is 1.33 bits per heavy atom. The van der Waals surface area contributed by atoms with Gasteiger partial charge in [0.05, 0.1) is 14.2 Å². The van der Waals surface area contributed by atoms with Gasteiger partial charge in [0.2, 0.25) is 0 Å². The number of nitrogens with one attached hydrogen (secondary N) is 1. The van der Waals surface area contributed by atoms with Crippen LogP contribution in [0.1, 0.15) is 0 Å². The highest BCUT2D eigenvalue weighted by molar-refractivity contribution is 9.10. The van der Waals surface area contributed by atoms with Crippen LogP contribution >= 0.6 is 15.9 Å². The third-order valence-corrected chi connectivity index (χ3v) is 2.39. The molecule has 0 radical (unpaired) electrons. The molecule has 0 aliphatic rings. The maximum absolute atomic E-state index is 11.3. The normalized spacial score (nSPS) is 9.28. The van der Waals surface area contributed by atoms with Crippen LogP contribution in [0.4, 0.5) is 5.82 Å². The first kappa shape index (κ1) is 14.2. The Bertz CT molecular complexity index is 470. The molecule has 0 bridgehead atoms. The van der Waals surface area contributed by atoms with Crippen LogP contribution in [-0.4, -0.2) is 31.1 Å². The van der Waals surface area contributed by atoms with Crippen LogP contribution in [0.2, 0.25) is 0 Å². The van der Waals surface area contributed by atoms with Gasteiger partial charge >= 0.3 is 11.9 Å². The highest BCUT2D eigenvalue weighted by Gasteiger charge is 2.19. The topological polar surface area (TPSA) is 77.5 Å². The number of rotatable bonds is 4. The van der Waals surface area contributed by atoms with Gasteiger partial charge in [0.1, 0.15) is 5.82 Å². The Labute approximate surface area is 112 Å². The quantitative estimate of drug-likeness (QED) is 0.392. The zero-order valence-electron chi connectivity index (χ0n) is 9.77. The minimum Gasteiger partial charge on any atom is -0.465 e.